The highest BCUT2D eigenvalue weighted by atomic mass is 16.5. The third kappa shape index (κ3) is 7.99. The highest BCUT2D eigenvalue weighted by molar-refractivity contribution is 5.94. The van der Waals surface area contributed by atoms with Gasteiger partial charge in [-0.1, -0.05) is 40.2 Å². The molecule has 0 aliphatic rings. The van der Waals surface area contributed by atoms with Gasteiger partial charge in [0.15, 0.2) is 5.69 Å². The number of aromatic nitrogens is 2. The molecule has 2 rings (SSSR count). The first-order valence-corrected chi connectivity index (χ1v) is 12.2. The lowest BCUT2D eigenvalue weighted by molar-refractivity contribution is -0.121. The molecule has 0 radical (unpaired) electrons. The first kappa shape index (κ1) is 28.2. The summed E-state index contributed by atoms with van der Waals surface area (Å²) in [7, 11) is 3.19. The summed E-state index contributed by atoms with van der Waals surface area (Å²) in [6.07, 6.45) is 1.73. The highest BCUT2D eigenvalue weighted by Gasteiger charge is 2.24. The standard InChI is InChI=1S/C26H40N4O5/c1-7-18(4)16-30-21(25-22(34-5)9-8-10-23(25)35-6)15-20(29-30)26(33)28-19(13-17(2)3)14-24(32)27-11-12-31/h8-10,15,17-19,31H,7,11-14,16H2,1-6H3,(H,27,32)(H,28,33)/t18?,19-/m0/s1. The van der Waals surface area contributed by atoms with Crippen molar-refractivity contribution < 1.29 is 24.2 Å². The molecule has 0 saturated carbocycles. The molecule has 35 heavy (non-hydrogen) atoms. The van der Waals surface area contributed by atoms with Crippen LogP contribution in [0.5, 0.6) is 11.5 Å². The zero-order valence-electron chi connectivity index (χ0n) is 21.8. The van der Waals surface area contributed by atoms with Crippen LogP contribution in [-0.2, 0) is 11.3 Å². The Morgan fingerprint density at radius 2 is 1.80 bits per heavy atom. The van der Waals surface area contributed by atoms with Gasteiger partial charge < -0.3 is 25.2 Å². The van der Waals surface area contributed by atoms with Crippen LogP contribution in [-0.4, -0.2) is 60.1 Å². The second-order valence-electron chi connectivity index (χ2n) is 9.23. The number of rotatable bonds is 14. The van der Waals surface area contributed by atoms with Crippen LogP contribution >= 0.6 is 0 Å². The van der Waals surface area contributed by atoms with Gasteiger partial charge in [0.05, 0.1) is 32.1 Å². The molecule has 0 aliphatic heterocycles. The van der Waals surface area contributed by atoms with Crippen molar-refractivity contribution in [2.45, 2.75) is 59.5 Å². The maximum Gasteiger partial charge on any atom is 0.272 e. The number of methoxy groups -OCH3 is 2. The molecule has 1 aromatic heterocycles. The van der Waals surface area contributed by atoms with Crippen LogP contribution in [0, 0.1) is 11.8 Å². The molecule has 2 amide bonds. The number of hydrogen-bond acceptors (Lipinski definition) is 6. The number of nitrogens with zero attached hydrogens (tertiary/aromatic N) is 2. The predicted molar refractivity (Wildman–Crippen MR) is 136 cm³/mol. The van der Waals surface area contributed by atoms with Crippen LogP contribution in [0.15, 0.2) is 24.3 Å². The van der Waals surface area contributed by atoms with Gasteiger partial charge in [-0.3, -0.25) is 14.3 Å². The van der Waals surface area contributed by atoms with Crippen LogP contribution < -0.4 is 20.1 Å². The van der Waals surface area contributed by atoms with Gasteiger partial charge in [-0.05, 0) is 36.5 Å². The monoisotopic (exact) mass is 488 g/mol. The van der Waals surface area contributed by atoms with Gasteiger partial charge in [-0.15, -0.1) is 0 Å². The summed E-state index contributed by atoms with van der Waals surface area (Å²) in [6.45, 7) is 9.01. The molecule has 0 spiro atoms. The van der Waals surface area contributed by atoms with E-state index in [0.29, 0.717) is 30.4 Å². The first-order valence-electron chi connectivity index (χ1n) is 12.2. The predicted octanol–water partition coefficient (Wildman–Crippen LogP) is 3.26. The van der Waals surface area contributed by atoms with Gasteiger partial charge >= 0.3 is 0 Å². The molecule has 0 bridgehead atoms. The molecule has 0 aliphatic carbocycles. The van der Waals surface area contributed by atoms with Gasteiger partial charge in [-0.25, -0.2) is 0 Å². The van der Waals surface area contributed by atoms with Crippen molar-refractivity contribution >= 4 is 11.8 Å². The normalized spacial score (nSPS) is 12.8. The summed E-state index contributed by atoms with van der Waals surface area (Å²) in [4.78, 5) is 25.5. The minimum absolute atomic E-state index is 0.129. The lowest BCUT2D eigenvalue weighted by Gasteiger charge is -2.19. The molecule has 194 valence electrons. The first-order chi connectivity index (χ1) is 16.7. The minimum Gasteiger partial charge on any atom is -0.496 e. The molecular weight excluding hydrogens is 448 g/mol. The lowest BCUT2D eigenvalue weighted by atomic mass is 10.0. The fourth-order valence-electron chi connectivity index (χ4n) is 3.91. The molecule has 9 heteroatoms. The Kier molecular flexibility index (Phi) is 11.0. The van der Waals surface area contributed by atoms with Crippen molar-refractivity contribution in [3.8, 4) is 22.8 Å². The SMILES string of the molecule is CCC(C)Cn1nc(C(=O)N[C@H](CC(=O)NCCO)CC(C)C)cc1-c1c(OC)cccc1OC. The topological polar surface area (TPSA) is 115 Å². The molecule has 1 heterocycles. The van der Waals surface area contributed by atoms with Gasteiger partial charge in [0, 0.05) is 25.6 Å². The average molecular weight is 489 g/mol. The molecule has 2 atom stereocenters. The van der Waals surface area contributed by atoms with E-state index in [-0.39, 0.29) is 49.0 Å². The van der Waals surface area contributed by atoms with Gasteiger partial charge in [0.1, 0.15) is 11.5 Å². The van der Waals surface area contributed by atoms with Crippen LogP contribution in [0.25, 0.3) is 11.3 Å². The average Bonchev–Trinajstić information content (AvgIpc) is 3.24. The number of benzene rings is 1. The van der Waals surface area contributed by atoms with Crippen LogP contribution in [0.4, 0.5) is 0 Å². The van der Waals surface area contributed by atoms with Crippen molar-refractivity contribution in [1.29, 1.82) is 0 Å². The minimum atomic E-state index is -0.356. The van der Waals surface area contributed by atoms with Crippen molar-refractivity contribution in [3.05, 3.63) is 30.0 Å². The molecule has 1 aromatic carbocycles. The lowest BCUT2D eigenvalue weighted by Crippen LogP contribution is -2.40. The molecule has 2 aromatic rings. The van der Waals surface area contributed by atoms with E-state index < -0.39 is 0 Å². The fraction of sp³-hybridized carbons (Fsp3) is 0.577. The molecule has 0 saturated heterocycles. The van der Waals surface area contributed by atoms with E-state index >= 15 is 0 Å². The second-order valence-corrected chi connectivity index (χ2v) is 9.23. The molecular formula is C26H40N4O5. The quantitative estimate of drug-likeness (QED) is 0.376. The Morgan fingerprint density at radius 1 is 1.14 bits per heavy atom. The second kappa shape index (κ2) is 13.7. The zero-order chi connectivity index (χ0) is 26.0. The van der Waals surface area contributed by atoms with E-state index in [1.165, 1.54) is 0 Å². The fourth-order valence-corrected chi connectivity index (χ4v) is 3.91. The largest absolute Gasteiger partial charge is 0.496 e. The van der Waals surface area contributed by atoms with Crippen LogP contribution in [0.1, 0.15) is 57.4 Å². The van der Waals surface area contributed by atoms with Crippen molar-refractivity contribution in [3.63, 3.8) is 0 Å². The third-order valence-corrected chi connectivity index (χ3v) is 5.84. The van der Waals surface area contributed by atoms with Crippen LogP contribution in [0.3, 0.4) is 0 Å². The maximum atomic E-state index is 13.3. The summed E-state index contributed by atoms with van der Waals surface area (Å²) < 4.78 is 13.0. The van der Waals surface area contributed by atoms with Gasteiger partial charge in [0.2, 0.25) is 5.91 Å². The molecule has 3 N–H and O–H groups in total. The summed E-state index contributed by atoms with van der Waals surface area (Å²) in [5.74, 6) is 1.31. The zero-order valence-corrected chi connectivity index (χ0v) is 21.8. The summed E-state index contributed by atoms with van der Waals surface area (Å²) >= 11 is 0. The van der Waals surface area contributed by atoms with E-state index in [0.717, 1.165) is 17.7 Å². The molecule has 1 unspecified atom stereocenters. The van der Waals surface area contributed by atoms with Crippen molar-refractivity contribution in [2.24, 2.45) is 11.8 Å². The number of carbonyl (C=O) groups excluding carboxylic acids is 2. The number of nitrogens with one attached hydrogen (secondary N) is 2. The molecule has 0 fully saturated rings. The number of carbonyl (C=O) groups is 2. The third-order valence-electron chi connectivity index (χ3n) is 5.84. The van der Waals surface area contributed by atoms with Crippen LogP contribution in [0.2, 0.25) is 0 Å². The highest BCUT2D eigenvalue weighted by Crippen LogP contribution is 2.39. The van der Waals surface area contributed by atoms with E-state index in [1.54, 1.807) is 20.3 Å². The number of aliphatic hydroxyl groups is 1. The maximum absolute atomic E-state index is 13.3. The summed E-state index contributed by atoms with van der Waals surface area (Å²) in [5.41, 5.74) is 1.72. The Labute approximate surface area is 208 Å². The van der Waals surface area contributed by atoms with Crippen molar-refractivity contribution in [1.82, 2.24) is 20.4 Å². The Bertz CT molecular complexity index is 950. The number of aliphatic hydroxyl groups excluding tert-OH is 1. The van der Waals surface area contributed by atoms with Gasteiger partial charge in [0.25, 0.3) is 5.91 Å². The summed E-state index contributed by atoms with van der Waals surface area (Å²) in [5, 5.41) is 19.2. The molecule has 9 nitrogen and oxygen atoms in total. The van der Waals surface area contributed by atoms with E-state index in [1.807, 2.05) is 36.7 Å². The summed E-state index contributed by atoms with van der Waals surface area (Å²) in [6, 6.07) is 6.94. The smallest absolute Gasteiger partial charge is 0.272 e. The van der Waals surface area contributed by atoms with E-state index in [2.05, 4.69) is 29.6 Å². The Morgan fingerprint density at radius 3 is 2.34 bits per heavy atom. The number of hydrogen-bond donors (Lipinski definition) is 3. The number of amides is 2. The number of ether oxygens (including phenoxy) is 2. The van der Waals surface area contributed by atoms with Gasteiger partial charge in [-0.2, -0.15) is 5.10 Å². The Balaban J connectivity index is 2.41. The Hall–Kier alpha value is -3.07. The van der Waals surface area contributed by atoms with Crippen molar-refractivity contribution in [2.75, 3.05) is 27.4 Å². The van der Waals surface area contributed by atoms with E-state index in [4.69, 9.17) is 14.6 Å². The van der Waals surface area contributed by atoms with E-state index in [9.17, 15) is 9.59 Å².